The molecule has 0 amide bonds. The number of ketones is 1. The molecule has 0 radical (unpaired) electrons. The lowest BCUT2D eigenvalue weighted by atomic mass is 9.94. The van der Waals surface area contributed by atoms with Crippen LogP contribution in [0.4, 0.5) is 0 Å². The molecule has 0 heterocycles. The molecule has 0 aromatic heterocycles. The molecule has 0 aromatic carbocycles. The highest BCUT2D eigenvalue weighted by Crippen LogP contribution is 2.29. The summed E-state index contributed by atoms with van der Waals surface area (Å²) < 4.78 is 4.63. The minimum absolute atomic E-state index is 0.152. The van der Waals surface area contributed by atoms with Gasteiger partial charge in [0.2, 0.25) is 0 Å². The third kappa shape index (κ3) is 8.79. The average Bonchev–Trinajstić information content (AvgIpc) is 2.96. The van der Waals surface area contributed by atoms with Gasteiger partial charge in [0.15, 0.2) is 5.78 Å². The van der Waals surface area contributed by atoms with Crippen LogP contribution in [-0.4, -0.2) is 29.6 Å². The van der Waals surface area contributed by atoms with Gasteiger partial charge in [-0.2, -0.15) is 0 Å². The fraction of sp³-hybridized carbons (Fsp3) is 0.727. The minimum Gasteiger partial charge on any atom is -0.469 e. The van der Waals surface area contributed by atoms with Crippen LogP contribution >= 0.6 is 0 Å². The molecular weight excluding hydrogens is 328 g/mol. The normalized spacial score (nSPS) is 17.2. The molecule has 26 heavy (non-hydrogen) atoms. The molecule has 1 aliphatic carbocycles. The van der Waals surface area contributed by atoms with Crippen molar-refractivity contribution in [2.24, 2.45) is 0 Å². The Balaban J connectivity index is 2.42. The van der Waals surface area contributed by atoms with Crippen LogP contribution in [0.3, 0.4) is 0 Å². The summed E-state index contributed by atoms with van der Waals surface area (Å²) in [4.78, 5) is 23.2. The number of aliphatic hydroxyl groups is 1. The van der Waals surface area contributed by atoms with Gasteiger partial charge in [-0.15, -0.1) is 0 Å². The number of hydrogen-bond donors (Lipinski definition) is 1. The smallest absolute Gasteiger partial charge is 0.305 e. The predicted molar refractivity (Wildman–Crippen MR) is 105 cm³/mol. The van der Waals surface area contributed by atoms with E-state index in [4.69, 9.17) is 0 Å². The van der Waals surface area contributed by atoms with Gasteiger partial charge in [-0.1, -0.05) is 44.8 Å². The van der Waals surface area contributed by atoms with E-state index in [9.17, 15) is 14.7 Å². The van der Waals surface area contributed by atoms with Gasteiger partial charge in [0.1, 0.15) is 0 Å². The molecule has 0 saturated heterocycles. The predicted octanol–water partition coefficient (Wildman–Crippen LogP) is 5.05. The lowest BCUT2D eigenvalue weighted by Gasteiger charge is -2.21. The molecule has 4 heteroatoms. The van der Waals surface area contributed by atoms with Crippen molar-refractivity contribution >= 4 is 11.8 Å². The fourth-order valence-electron chi connectivity index (χ4n) is 3.35. The number of carbonyl (C=O) groups excluding carboxylic acids is 2. The first-order valence-corrected chi connectivity index (χ1v) is 10.1. The monoisotopic (exact) mass is 364 g/mol. The molecule has 0 fully saturated rings. The first kappa shape index (κ1) is 22.6. The second kappa shape index (κ2) is 12.1. The molecular formula is C22H36O4. The Bertz CT molecular complexity index is 514. The Hall–Kier alpha value is -1.42. The van der Waals surface area contributed by atoms with Gasteiger partial charge in [-0.25, -0.2) is 0 Å². The summed E-state index contributed by atoms with van der Waals surface area (Å²) in [7, 11) is 1.42. The first-order chi connectivity index (χ1) is 12.4. The topological polar surface area (TPSA) is 63.6 Å². The second-order valence-electron chi connectivity index (χ2n) is 7.62. The summed E-state index contributed by atoms with van der Waals surface area (Å²) in [6, 6.07) is 0. The van der Waals surface area contributed by atoms with E-state index in [1.54, 1.807) is 0 Å². The standard InChI is InChI=1S/C22H36O4/c1-4-5-16-22(2,25)17-10-11-18-14-15-20(23)19(18)12-8-6-7-9-13-21(24)26-3/h10-11,25H,4-9,12-17H2,1-3H3. The molecule has 4 nitrogen and oxygen atoms in total. The van der Waals surface area contributed by atoms with Crippen molar-refractivity contribution in [1.29, 1.82) is 0 Å². The summed E-state index contributed by atoms with van der Waals surface area (Å²) in [6.45, 7) is 4.01. The molecule has 148 valence electrons. The van der Waals surface area contributed by atoms with Crippen LogP contribution < -0.4 is 0 Å². The summed E-state index contributed by atoms with van der Waals surface area (Å²) in [5.41, 5.74) is 1.47. The molecule has 0 saturated carbocycles. The fourth-order valence-corrected chi connectivity index (χ4v) is 3.35. The van der Waals surface area contributed by atoms with E-state index in [1.807, 2.05) is 13.0 Å². The molecule has 1 unspecified atom stereocenters. The van der Waals surface area contributed by atoms with E-state index >= 15 is 0 Å². The zero-order valence-electron chi connectivity index (χ0n) is 16.8. The van der Waals surface area contributed by atoms with Gasteiger partial charge in [-0.05, 0) is 56.6 Å². The average molecular weight is 365 g/mol. The van der Waals surface area contributed by atoms with E-state index < -0.39 is 5.60 Å². The molecule has 1 aliphatic rings. The van der Waals surface area contributed by atoms with Crippen LogP contribution in [0.1, 0.15) is 90.9 Å². The van der Waals surface area contributed by atoms with Crippen LogP contribution in [0.5, 0.6) is 0 Å². The van der Waals surface area contributed by atoms with Crippen molar-refractivity contribution in [2.75, 3.05) is 7.11 Å². The van der Waals surface area contributed by atoms with Crippen molar-refractivity contribution in [3.63, 3.8) is 0 Å². The number of unbranched alkanes of at least 4 members (excludes halogenated alkanes) is 4. The van der Waals surface area contributed by atoms with Crippen molar-refractivity contribution in [2.45, 2.75) is 96.5 Å². The van der Waals surface area contributed by atoms with E-state index in [1.165, 1.54) is 7.11 Å². The zero-order valence-corrected chi connectivity index (χ0v) is 16.8. The van der Waals surface area contributed by atoms with Crippen molar-refractivity contribution < 1.29 is 19.4 Å². The molecule has 0 aromatic rings. The number of methoxy groups -OCH3 is 1. The second-order valence-corrected chi connectivity index (χ2v) is 7.62. The Labute approximate surface area is 158 Å². The third-order valence-electron chi connectivity index (χ3n) is 5.08. The zero-order chi connectivity index (χ0) is 19.4. The van der Waals surface area contributed by atoms with Gasteiger partial charge in [0, 0.05) is 12.8 Å². The Morgan fingerprint density at radius 2 is 1.92 bits per heavy atom. The Morgan fingerprint density at radius 3 is 2.62 bits per heavy atom. The Kier molecular flexibility index (Phi) is 10.5. The molecule has 0 spiro atoms. The third-order valence-corrected chi connectivity index (χ3v) is 5.08. The van der Waals surface area contributed by atoms with Gasteiger partial charge in [0.05, 0.1) is 12.7 Å². The van der Waals surface area contributed by atoms with Crippen molar-refractivity contribution in [1.82, 2.24) is 0 Å². The molecule has 1 rings (SSSR count). The van der Waals surface area contributed by atoms with Crippen LogP contribution in [0.15, 0.2) is 23.3 Å². The van der Waals surface area contributed by atoms with E-state index in [0.29, 0.717) is 19.3 Å². The number of carbonyl (C=O) groups is 2. The molecule has 0 aliphatic heterocycles. The van der Waals surface area contributed by atoms with Gasteiger partial charge in [-0.3, -0.25) is 9.59 Å². The van der Waals surface area contributed by atoms with Crippen LogP contribution in [0, 0.1) is 0 Å². The van der Waals surface area contributed by atoms with E-state index in [2.05, 4.69) is 17.7 Å². The Morgan fingerprint density at radius 1 is 1.19 bits per heavy atom. The SMILES string of the molecule is CCCCC(C)(O)CC=CC1=C(CCCCCCC(=O)OC)C(=O)CC1. The highest BCUT2D eigenvalue weighted by Gasteiger charge is 2.21. The van der Waals surface area contributed by atoms with Crippen LogP contribution in [-0.2, 0) is 14.3 Å². The van der Waals surface area contributed by atoms with Crippen LogP contribution in [0.2, 0.25) is 0 Å². The summed E-state index contributed by atoms with van der Waals surface area (Å²) in [5.74, 6) is 0.123. The minimum atomic E-state index is -0.657. The number of rotatable bonds is 13. The van der Waals surface area contributed by atoms with Crippen LogP contribution in [0.25, 0.3) is 0 Å². The lowest BCUT2D eigenvalue weighted by molar-refractivity contribution is -0.140. The molecule has 1 atom stereocenters. The maximum absolute atomic E-state index is 12.1. The number of Topliss-reactive ketones (excluding diaryl/α,β-unsaturated/α-hetero) is 1. The maximum atomic E-state index is 12.1. The number of allylic oxidation sites excluding steroid dienone is 3. The highest BCUT2D eigenvalue weighted by molar-refractivity contribution is 5.99. The maximum Gasteiger partial charge on any atom is 0.305 e. The molecule has 0 bridgehead atoms. The summed E-state index contributed by atoms with van der Waals surface area (Å²) in [5, 5.41) is 10.4. The van der Waals surface area contributed by atoms with E-state index in [0.717, 1.165) is 68.9 Å². The quantitative estimate of drug-likeness (QED) is 0.367. The van der Waals surface area contributed by atoms with E-state index in [-0.39, 0.29) is 11.8 Å². The molecule has 1 N–H and O–H groups in total. The first-order valence-electron chi connectivity index (χ1n) is 10.1. The number of ether oxygens (including phenoxy) is 1. The summed E-state index contributed by atoms with van der Waals surface area (Å²) >= 11 is 0. The highest BCUT2D eigenvalue weighted by atomic mass is 16.5. The number of hydrogen-bond acceptors (Lipinski definition) is 4. The lowest BCUT2D eigenvalue weighted by Crippen LogP contribution is -2.22. The number of esters is 1. The van der Waals surface area contributed by atoms with Gasteiger partial charge < -0.3 is 9.84 Å². The summed E-state index contributed by atoms with van der Waals surface area (Å²) in [6.07, 6.45) is 14.2. The largest absolute Gasteiger partial charge is 0.469 e. The van der Waals surface area contributed by atoms with Crippen molar-refractivity contribution in [3.8, 4) is 0 Å². The van der Waals surface area contributed by atoms with Crippen molar-refractivity contribution in [3.05, 3.63) is 23.3 Å². The van der Waals surface area contributed by atoms with Gasteiger partial charge >= 0.3 is 5.97 Å². The van der Waals surface area contributed by atoms with Gasteiger partial charge in [0.25, 0.3) is 0 Å².